The maximum atomic E-state index is 13.2. The topological polar surface area (TPSA) is 76.1 Å². The molecule has 0 saturated carbocycles. The fourth-order valence-corrected chi connectivity index (χ4v) is 3.51. The monoisotopic (exact) mass is 479 g/mol. The van der Waals surface area contributed by atoms with Crippen molar-refractivity contribution in [2.75, 3.05) is 7.11 Å². The summed E-state index contributed by atoms with van der Waals surface area (Å²) in [4.78, 5) is 26.0. The standard InChI is InChI=1S/C30H25NO5/c1-35-27-8-5-9-28(20-27)36-26-16-12-22(13-17-26)18-19-31(29(32)24-6-3-2-4-7-24)21-23-10-14-25(15-11-23)30(33)34/h2-20H,21H2,1H3,(H,33,34). The van der Waals surface area contributed by atoms with E-state index in [0.717, 1.165) is 11.1 Å². The van der Waals surface area contributed by atoms with Crippen LogP contribution in [0.5, 0.6) is 17.2 Å². The zero-order chi connectivity index (χ0) is 25.3. The average Bonchev–Trinajstić information content (AvgIpc) is 2.92. The van der Waals surface area contributed by atoms with Gasteiger partial charge in [0.25, 0.3) is 5.91 Å². The normalized spacial score (nSPS) is 10.7. The summed E-state index contributed by atoms with van der Waals surface area (Å²) in [6.45, 7) is 0.293. The first-order chi connectivity index (χ1) is 17.5. The van der Waals surface area contributed by atoms with E-state index in [4.69, 9.17) is 14.6 Å². The maximum Gasteiger partial charge on any atom is 0.335 e. The van der Waals surface area contributed by atoms with Crippen LogP contribution in [0.2, 0.25) is 0 Å². The number of methoxy groups -OCH3 is 1. The predicted molar refractivity (Wildman–Crippen MR) is 138 cm³/mol. The minimum absolute atomic E-state index is 0.160. The van der Waals surface area contributed by atoms with Crippen LogP contribution in [-0.2, 0) is 6.54 Å². The molecule has 6 heteroatoms. The molecule has 0 atom stereocenters. The average molecular weight is 480 g/mol. The first-order valence-electron chi connectivity index (χ1n) is 11.3. The summed E-state index contributed by atoms with van der Waals surface area (Å²) < 4.78 is 11.1. The highest BCUT2D eigenvalue weighted by molar-refractivity contribution is 5.95. The van der Waals surface area contributed by atoms with Crippen LogP contribution in [0.4, 0.5) is 0 Å². The largest absolute Gasteiger partial charge is 0.497 e. The number of rotatable bonds is 9. The van der Waals surface area contributed by atoms with E-state index in [1.807, 2.05) is 72.8 Å². The summed E-state index contributed by atoms with van der Waals surface area (Å²) in [7, 11) is 1.61. The van der Waals surface area contributed by atoms with E-state index in [0.29, 0.717) is 29.4 Å². The van der Waals surface area contributed by atoms with Crippen molar-refractivity contribution in [1.29, 1.82) is 0 Å². The number of carboxylic acids is 1. The molecule has 0 bridgehead atoms. The lowest BCUT2D eigenvalue weighted by Crippen LogP contribution is -2.25. The third kappa shape index (κ3) is 6.39. The minimum Gasteiger partial charge on any atom is -0.497 e. The zero-order valence-electron chi connectivity index (χ0n) is 19.7. The molecule has 0 unspecified atom stereocenters. The van der Waals surface area contributed by atoms with Gasteiger partial charge in [0.1, 0.15) is 17.2 Å². The number of carbonyl (C=O) groups excluding carboxylic acids is 1. The number of aromatic carboxylic acids is 1. The summed E-state index contributed by atoms with van der Waals surface area (Å²) in [5.41, 5.74) is 2.47. The van der Waals surface area contributed by atoms with Crippen LogP contribution in [0.1, 0.15) is 31.8 Å². The van der Waals surface area contributed by atoms with Crippen LogP contribution >= 0.6 is 0 Å². The summed E-state index contributed by atoms with van der Waals surface area (Å²) in [6.07, 6.45) is 3.58. The number of carbonyl (C=O) groups is 2. The van der Waals surface area contributed by atoms with Gasteiger partial charge in [0, 0.05) is 17.8 Å². The van der Waals surface area contributed by atoms with Crippen LogP contribution < -0.4 is 9.47 Å². The number of amides is 1. The van der Waals surface area contributed by atoms with Gasteiger partial charge < -0.3 is 19.5 Å². The van der Waals surface area contributed by atoms with Gasteiger partial charge in [-0.25, -0.2) is 4.79 Å². The van der Waals surface area contributed by atoms with Gasteiger partial charge >= 0.3 is 5.97 Å². The second kappa shape index (κ2) is 11.5. The summed E-state index contributed by atoms with van der Waals surface area (Å²) in [5, 5.41) is 9.14. The Morgan fingerprint density at radius 3 is 2.14 bits per heavy atom. The summed E-state index contributed by atoms with van der Waals surface area (Å²) >= 11 is 0. The van der Waals surface area contributed by atoms with Crippen molar-refractivity contribution in [3.8, 4) is 17.2 Å². The Bertz CT molecular complexity index is 1350. The fraction of sp³-hybridized carbons (Fsp3) is 0.0667. The molecule has 0 heterocycles. The van der Waals surface area contributed by atoms with E-state index in [9.17, 15) is 9.59 Å². The van der Waals surface area contributed by atoms with Gasteiger partial charge in [0.2, 0.25) is 0 Å². The third-order valence-electron chi connectivity index (χ3n) is 5.44. The number of nitrogens with zero attached hydrogens (tertiary/aromatic N) is 1. The van der Waals surface area contributed by atoms with Gasteiger partial charge in [0.05, 0.1) is 19.2 Å². The van der Waals surface area contributed by atoms with Gasteiger partial charge in [-0.2, -0.15) is 0 Å². The molecule has 0 aliphatic heterocycles. The molecule has 0 aromatic heterocycles. The Balaban J connectivity index is 1.51. The van der Waals surface area contributed by atoms with E-state index < -0.39 is 5.97 Å². The molecule has 0 fully saturated rings. The smallest absolute Gasteiger partial charge is 0.335 e. The molecule has 0 aliphatic carbocycles. The van der Waals surface area contributed by atoms with Crippen LogP contribution in [0, 0.1) is 0 Å². The van der Waals surface area contributed by atoms with Crippen molar-refractivity contribution in [3.05, 3.63) is 132 Å². The molecule has 0 spiro atoms. The van der Waals surface area contributed by atoms with E-state index in [-0.39, 0.29) is 11.5 Å². The van der Waals surface area contributed by atoms with Crippen LogP contribution in [0.15, 0.2) is 109 Å². The van der Waals surface area contributed by atoms with E-state index in [2.05, 4.69) is 0 Å². The molecule has 36 heavy (non-hydrogen) atoms. The Kier molecular flexibility index (Phi) is 7.78. The minimum atomic E-state index is -0.988. The summed E-state index contributed by atoms with van der Waals surface area (Å²) in [5.74, 6) is 0.916. The molecular formula is C30H25NO5. The molecule has 1 N–H and O–H groups in total. The van der Waals surface area contributed by atoms with Gasteiger partial charge in [0.15, 0.2) is 0 Å². The first-order valence-corrected chi connectivity index (χ1v) is 11.3. The molecular weight excluding hydrogens is 454 g/mol. The molecule has 0 aliphatic rings. The zero-order valence-corrected chi connectivity index (χ0v) is 19.7. The van der Waals surface area contributed by atoms with Gasteiger partial charge in [-0.1, -0.05) is 48.5 Å². The van der Waals surface area contributed by atoms with Crippen molar-refractivity contribution in [2.45, 2.75) is 6.54 Å². The van der Waals surface area contributed by atoms with Crippen LogP contribution in [0.25, 0.3) is 6.08 Å². The second-order valence-electron chi connectivity index (χ2n) is 7.97. The quantitative estimate of drug-likeness (QED) is 0.297. The maximum absolute atomic E-state index is 13.2. The molecule has 4 aromatic rings. The molecule has 180 valence electrons. The van der Waals surface area contributed by atoms with Crippen molar-refractivity contribution in [3.63, 3.8) is 0 Å². The lowest BCUT2D eigenvalue weighted by molar-refractivity contribution is 0.0696. The highest BCUT2D eigenvalue weighted by Gasteiger charge is 2.14. The lowest BCUT2D eigenvalue weighted by Gasteiger charge is -2.19. The molecule has 0 radical (unpaired) electrons. The van der Waals surface area contributed by atoms with Crippen molar-refractivity contribution in [2.24, 2.45) is 0 Å². The van der Waals surface area contributed by atoms with E-state index in [1.165, 1.54) is 12.1 Å². The van der Waals surface area contributed by atoms with Crippen molar-refractivity contribution in [1.82, 2.24) is 4.90 Å². The van der Waals surface area contributed by atoms with Crippen molar-refractivity contribution < 1.29 is 24.2 Å². The van der Waals surface area contributed by atoms with Crippen LogP contribution in [-0.4, -0.2) is 29.0 Å². The number of carboxylic acid groups (broad SMARTS) is 1. The SMILES string of the molecule is COc1cccc(Oc2ccc(C=CN(Cc3ccc(C(=O)O)cc3)C(=O)c3ccccc3)cc2)c1. The Hall–Kier alpha value is -4.84. The van der Waals surface area contributed by atoms with Crippen molar-refractivity contribution >= 4 is 18.0 Å². The number of hydrogen-bond acceptors (Lipinski definition) is 4. The fourth-order valence-electron chi connectivity index (χ4n) is 3.51. The lowest BCUT2D eigenvalue weighted by atomic mass is 10.1. The molecule has 1 amide bonds. The second-order valence-corrected chi connectivity index (χ2v) is 7.97. The first kappa shape index (κ1) is 24.3. The molecule has 4 rings (SSSR count). The molecule has 6 nitrogen and oxygen atoms in total. The number of hydrogen-bond donors (Lipinski definition) is 1. The Morgan fingerprint density at radius 2 is 1.47 bits per heavy atom. The van der Waals surface area contributed by atoms with Gasteiger partial charge in [-0.3, -0.25) is 4.79 Å². The van der Waals surface area contributed by atoms with Gasteiger partial charge in [-0.15, -0.1) is 0 Å². The number of benzene rings is 4. The van der Waals surface area contributed by atoms with Crippen LogP contribution in [0.3, 0.4) is 0 Å². The Morgan fingerprint density at radius 1 is 0.778 bits per heavy atom. The predicted octanol–water partition coefficient (Wildman–Crippen LogP) is 6.50. The number of ether oxygens (including phenoxy) is 2. The highest BCUT2D eigenvalue weighted by Crippen LogP contribution is 2.25. The molecule has 4 aromatic carbocycles. The van der Waals surface area contributed by atoms with E-state index >= 15 is 0 Å². The van der Waals surface area contributed by atoms with Gasteiger partial charge in [-0.05, 0) is 65.7 Å². The Labute approximate surface area is 209 Å². The van der Waals surface area contributed by atoms with E-state index in [1.54, 1.807) is 42.5 Å². The molecule has 0 saturated heterocycles. The highest BCUT2D eigenvalue weighted by atomic mass is 16.5. The summed E-state index contributed by atoms with van der Waals surface area (Å²) in [6, 6.07) is 30.4. The third-order valence-corrected chi connectivity index (χ3v) is 5.44.